The zero-order chi connectivity index (χ0) is 24.8. The Balaban J connectivity index is 1.58. The topological polar surface area (TPSA) is 85.7 Å². The first kappa shape index (κ1) is 24.3. The second-order valence-corrected chi connectivity index (χ2v) is 8.88. The Morgan fingerprint density at radius 3 is 2.09 bits per heavy atom. The minimum Gasteiger partial charge on any atom is -0.497 e. The summed E-state index contributed by atoms with van der Waals surface area (Å²) in [5.74, 6) is 1.74. The molecule has 1 N–H and O–H groups in total. The lowest BCUT2D eigenvalue weighted by Crippen LogP contribution is -2.34. The standard InChI is InChI=1S/C27H32N4O4/c1-19(32)28-15-22-12-13-31-26(14-22)25(16-29-31)27(33)30(17-20-4-8-23(34-2)9-5-20)18-21-6-10-24(35-3)11-7-21/h4-11,16,22H,12-15,17-18H2,1-3H3,(H,28,32). The lowest BCUT2D eigenvalue weighted by Gasteiger charge is -2.26. The number of hydrogen-bond donors (Lipinski definition) is 1. The average molecular weight is 477 g/mol. The number of aromatic nitrogens is 2. The van der Waals surface area contributed by atoms with Gasteiger partial charge in [0.15, 0.2) is 0 Å². The van der Waals surface area contributed by atoms with Gasteiger partial charge in [-0.15, -0.1) is 0 Å². The van der Waals surface area contributed by atoms with Gasteiger partial charge in [0.2, 0.25) is 5.91 Å². The minimum atomic E-state index is -0.0573. The highest BCUT2D eigenvalue weighted by atomic mass is 16.5. The van der Waals surface area contributed by atoms with Crippen molar-refractivity contribution in [2.75, 3.05) is 20.8 Å². The van der Waals surface area contributed by atoms with E-state index in [1.165, 1.54) is 6.92 Å². The molecule has 3 aromatic rings. The zero-order valence-electron chi connectivity index (χ0n) is 20.5. The maximum atomic E-state index is 13.9. The Labute approximate surface area is 205 Å². The molecule has 184 valence electrons. The van der Waals surface area contributed by atoms with Crippen LogP contribution in [0.15, 0.2) is 54.7 Å². The monoisotopic (exact) mass is 476 g/mol. The molecule has 0 fully saturated rings. The molecule has 1 aromatic heterocycles. The molecule has 0 saturated carbocycles. The van der Waals surface area contributed by atoms with Gasteiger partial charge in [-0.25, -0.2) is 0 Å². The summed E-state index contributed by atoms with van der Waals surface area (Å²) in [5, 5.41) is 7.41. The van der Waals surface area contributed by atoms with Crippen LogP contribution in [0.4, 0.5) is 0 Å². The maximum absolute atomic E-state index is 13.9. The molecule has 0 saturated heterocycles. The van der Waals surface area contributed by atoms with Crippen LogP contribution in [0, 0.1) is 5.92 Å². The summed E-state index contributed by atoms with van der Waals surface area (Å²) in [6, 6.07) is 15.5. The third kappa shape index (κ3) is 6.01. The molecule has 2 amide bonds. The molecular formula is C27H32N4O4. The molecule has 0 radical (unpaired) electrons. The number of aryl methyl sites for hydroxylation is 1. The van der Waals surface area contributed by atoms with Crippen LogP contribution < -0.4 is 14.8 Å². The van der Waals surface area contributed by atoms with E-state index >= 15 is 0 Å². The smallest absolute Gasteiger partial charge is 0.257 e. The zero-order valence-corrected chi connectivity index (χ0v) is 20.5. The van der Waals surface area contributed by atoms with Crippen LogP contribution in [0.25, 0.3) is 0 Å². The van der Waals surface area contributed by atoms with E-state index in [4.69, 9.17) is 9.47 Å². The number of carbonyl (C=O) groups excluding carboxylic acids is 2. The first-order valence-corrected chi connectivity index (χ1v) is 11.8. The molecule has 1 unspecified atom stereocenters. The molecule has 1 aliphatic heterocycles. The Hall–Kier alpha value is -3.81. The number of rotatable bonds is 9. The van der Waals surface area contributed by atoms with Crippen LogP contribution in [-0.4, -0.2) is 47.3 Å². The van der Waals surface area contributed by atoms with Crippen molar-refractivity contribution in [3.05, 3.63) is 77.1 Å². The summed E-state index contributed by atoms with van der Waals surface area (Å²) in [7, 11) is 3.27. The van der Waals surface area contributed by atoms with Crippen LogP contribution in [0.5, 0.6) is 11.5 Å². The van der Waals surface area contributed by atoms with Crippen molar-refractivity contribution in [1.29, 1.82) is 0 Å². The molecule has 1 aliphatic rings. The van der Waals surface area contributed by atoms with Gasteiger partial charge in [0.25, 0.3) is 5.91 Å². The van der Waals surface area contributed by atoms with Crippen molar-refractivity contribution in [2.45, 2.75) is 39.4 Å². The average Bonchev–Trinajstić information content (AvgIpc) is 3.30. The number of carbonyl (C=O) groups is 2. The predicted octanol–water partition coefficient (Wildman–Crippen LogP) is 3.44. The molecule has 0 bridgehead atoms. The molecule has 35 heavy (non-hydrogen) atoms. The first-order valence-electron chi connectivity index (χ1n) is 11.8. The number of methoxy groups -OCH3 is 2. The third-order valence-electron chi connectivity index (χ3n) is 6.40. The molecular weight excluding hydrogens is 444 g/mol. The van der Waals surface area contributed by atoms with Gasteiger partial charge in [-0.1, -0.05) is 24.3 Å². The summed E-state index contributed by atoms with van der Waals surface area (Å²) in [6.45, 7) is 3.78. The molecule has 0 aliphatic carbocycles. The highest BCUT2D eigenvalue weighted by Crippen LogP contribution is 2.25. The van der Waals surface area contributed by atoms with Gasteiger partial charge < -0.3 is 19.7 Å². The molecule has 1 atom stereocenters. The molecule has 8 heteroatoms. The van der Waals surface area contributed by atoms with E-state index in [0.717, 1.165) is 41.3 Å². The van der Waals surface area contributed by atoms with E-state index in [0.29, 0.717) is 31.6 Å². The number of ether oxygens (including phenoxy) is 2. The van der Waals surface area contributed by atoms with Gasteiger partial charge in [0.1, 0.15) is 11.5 Å². The molecule has 2 heterocycles. The summed E-state index contributed by atoms with van der Waals surface area (Å²) in [5.41, 5.74) is 3.58. The van der Waals surface area contributed by atoms with Crippen LogP contribution in [0.1, 0.15) is 40.5 Å². The lowest BCUT2D eigenvalue weighted by molar-refractivity contribution is -0.119. The van der Waals surface area contributed by atoms with Crippen molar-refractivity contribution < 1.29 is 19.1 Å². The van der Waals surface area contributed by atoms with Crippen molar-refractivity contribution in [3.63, 3.8) is 0 Å². The van der Waals surface area contributed by atoms with Crippen LogP contribution in [0.2, 0.25) is 0 Å². The van der Waals surface area contributed by atoms with E-state index < -0.39 is 0 Å². The number of nitrogens with zero attached hydrogens (tertiary/aromatic N) is 3. The third-order valence-corrected chi connectivity index (χ3v) is 6.40. The SMILES string of the molecule is COc1ccc(CN(Cc2ccc(OC)cc2)C(=O)c2cnn3c2CC(CNC(C)=O)CC3)cc1. The van der Waals surface area contributed by atoms with E-state index in [-0.39, 0.29) is 17.7 Å². The number of amides is 2. The minimum absolute atomic E-state index is 0.0365. The Morgan fingerprint density at radius 2 is 1.57 bits per heavy atom. The fourth-order valence-corrected chi connectivity index (χ4v) is 4.41. The van der Waals surface area contributed by atoms with E-state index in [1.54, 1.807) is 20.4 Å². The largest absolute Gasteiger partial charge is 0.497 e. The van der Waals surface area contributed by atoms with Crippen LogP contribution in [0.3, 0.4) is 0 Å². The number of nitrogens with one attached hydrogen (secondary N) is 1. The van der Waals surface area contributed by atoms with Gasteiger partial charge in [0, 0.05) is 33.1 Å². The summed E-state index contributed by atoms with van der Waals surface area (Å²) in [4.78, 5) is 27.1. The Morgan fingerprint density at radius 1 is 1.00 bits per heavy atom. The van der Waals surface area contributed by atoms with Gasteiger partial charge in [-0.3, -0.25) is 14.3 Å². The van der Waals surface area contributed by atoms with Crippen LogP contribution >= 0.6 is 0 Å². The predicted molar refractivity (Wildman–Crippen MR) is 132 cm³/mol. The summed E-state index contributed by atoms with van der Waals surface area (Å²) < 4.78 is 12.5. The Kier molecular flexibility index (Phi) is 7.70. The normalized spacial score (nSPS) is 14.7. The van der Waals surface area contributed by atoms with Gasteiger partial charge in [0.05, 0.1) is 31.7 Å². The second kappa shape index (κ2) is 11.1. The highest BCUT2D eigenvalue weighted by molar-refractivity contribution is 5.95. The number of fused-ring (bicyclic) bond motifs is 1. The first-order chi connectivity index (χ1) is 17.0. The summed E-state index contributed by atoms with van der Waals surface area (Å²) in [6.07, 6.45) is 3.32. The number of hydrogen-bond acceptors (Lipinski definition) is 5. The van der Waals surface area contributed by atoms with Crippen molar-refractivity contribution in [2.24, 2.45) is 5.92 Å². The fraction of sp³-hybridized carbons (Fsp3) is 0.370. The van der Waals surface area contributed by atoms with E-state index in [9.17, 15) is 9.59 Å². The van der Waals surface area contributed by atoms with Crippen LogP contribution in [-0.2, 0) is 30.8 Å². The van der Waals surface area contributed by atoms with Gasteiger partial charge >= 0.3 is 0 Å². The molecule has 4 rings (SSSR count). The lowest BCUT2D eigenvalue weighted by atomic mass is 9.94. The van der Waals surface area contributed by atoms with Gasteiger partial charge in [-0.2, -0.15) is 5.10 Å². The quantitative estimate of drug-likeness (QED) is 0.511. The maximum Gasteiger partial charge on any atom is 0.257 e. The van der Waals surface area contributed by atoms with Crippen molar-refractivity contribution in [1.82, 2.24) is 20.0 Å². The van der Waals surface area contributed by atoms with Gasteiger partial charge in [-0.05, 0) is 54.2 Å². The second-order valence-electron chi connectivity index (χ2n) is 8.88. The highest BCUT2D eigenvalue weighted by Gasteiger charge is 2.28. The van der Waals surface area contributed by atoms with Crippen molar-refractivity contribution >= 4 is 11.8 Å². The van der Waals surface area contributed by atoms with Crippen molar-refractivity contribution in [3.8, 4) is 11.5 Å². The van der Waals surface area contributed by atoms with E-state index in [1.807, 2.05) is 58.1 Å². The molecule has 2 aromatic carbocycles. The summed E-state index contributed by atoms with van der Waals surface area (Å²) >= 11 is 0. The molecule has 0 spiro atoms. The Bertz CT molecular complexity index is 1110. The van der Waals surface area contributed by atoms with E-state index in [2.05, 4.69) is 10.4 Å². The molecule has 8 nitrogen and oxygen atoms in total. The fourth-order valence-electron chi connectivity index (χ4n) is 4.41. The number of benzene rings is 2.